The summed E-state index contributed by atoms with van der Waals surface area (Å²) in [5.41, 5.74) is 1.34. The summed E-state index contributed by atoms with van der Waals surface area (Å²) in [7, 11) is 0. The summed E-state index contributed by atoms with van der Waals surface area (Å²) < 4.78 is 0. The van der Waals surface area contributed by atoms with Gasteiger partial charge in [0.1, 0.15) is 0 Å². The molecule has 98 valence electrons. The summed E-state index contributed by atoms with van der Waals surface area (Å²) >= 11 is 5.94. The summed E-state index contributed by atoms with van der Waals surface area (Å²) in [5, 5.41) is 6.46. The molecule has 0 saturated heterocycles. The third-order valence-corrected chi connectivity index (χ3v) is 2.72. The Labute approximate surface area is 116 Å². The normalized spacial score (nSPS) is 9.95. The van der Waals surface area contributed by atoms with E-state index in [9.17, 15) is 4.79 Å². The van der Waals surface area contributed by atoms with Crippen LogP contribution < -0.4 is 10.6 Å². The molecule has 0 aliphatic rings. The lowest BCUT2D eigenvalue weighted by Gasteiger charge is -2.08. The van der Waals surface area contributed by atoms with Gasteiger partial charge in [0.15, 0.2) is 0 Å². The molecule has 0 aliphatic heterocycles. The minimum Gasteiger partial charge on any atom is -0.382 e. The first-order valence-corrected chi connectivity index (χ1v) is 6.17. The van der Waals surface area contributed by atoms with Gasteiger partial charge in [-0.25, -0.2) is 0 Å². The van der Waals surface area contributed by atoms with E-state index < -0.39 is 0 Å². The van der Waals surface area contributed by atoms with Gasteiger partial charge in [-0.05, 0) is 18.2 Å². The first kappa shape index (κ1) is 13.3. The summed E-state index contributed by atoms with van der Waals surface area (Å²) in [4.78, 5) is 19.5. The molecule has 0 atom stereocenters. The van der Waals surface area contributed by atoms with E-state index in [4.69, 9.17) is 11.6 Å². The van der Waals surface area contributed by atoms with Gasteiger partial charge in [-0.1, -0.05) is 11.6 Å². The molecule has 0 fully saturated rings. The number of carbonyl (C=O) groups excluding carboxylic acids is 1. The van der Waals surface area contributed by atoms with Crippen molar-refractivity contribution in [3.8, 4) is 0 Å². The van der Waals surface area contributed by atoms with Crippen molar-refractivity contribution in [3.05, 3.63) is 53.6 Å². The number of pyridine rings is 2. The second-order valence-electron chi connectivity index (χ2n) is 3.78. The highest BCUT2D eigenvalue weighted by Gasteiger charge is 2.03. The zero-order chi connectivity index (χ0) is 13.5. The maximum atomic E-state index is 11.7. The zero-order valence-electron chi connectivity index (χ0n) is 10.1. The van der Waals surface area contributed by atoms with Crippen molar-refractivity contribution in [2.24, 2.45) is 0 Å². The van der Waals surface area contributed by atoms with E-state index in [0.717, 1.165) is 5.69 Å². The highest BCUT2D eigenvalue weighted by Crippen LogP contribution is 2.18. The highest BCUT2D eigenvalue weighted by molar-refractivity contribution is 6.33. The van der Waals surface area contributed by atoms with Crippen LogP contribution >= 0.6 is 11.6 Å². The number of hydrogen-bond acceptors (Lipinski definition) is 4. The lowest BCUT2D eigenvalue weighted by atomic mass is 10.3. The van der Waals surface area contributed by atoms with Crippen LogP contribution in [0, 0.1) is 0 Å². The smallest absolute Gasteiger partial charge is 0.252 e. The summed E-state index contributed by atoms with van der Waals surface area (Å²) in [6.45, 7) is 1.07. The number of rotatable bonds is 5. The number of nitrogens with zero attached hydrogens (tertiary/aromatic N) is 2. The fraction of sp³-hybridized carbons (Fsp3) is 0.154. The number of halogens is 1. The number of nitrogens with one attached hydrogen (secondary N) is 2. The maximum absolute atomic E-state index is 11.7. The number of amides is 1. The fourth-order valence-electron chi connectivity index (χ4n) is 1.49. The summed E-state index contributed by atoms with van der Waals surface area (Å²) in [6, 6.07) is 5.23. The predicted molar refractivity (Wildman–Crippen MR) is 74.3 cm³/mol. The average molecular weight is 277 g/mol. The Balaban J connectivity index is 1.76. The molecule has 2 heterocycles. The standard InChI is InChI=1S/C13H13ClN4O/c14-11-9-16-5-3-12(11)17-6-7-18-13(19)10-2-1-4-15-8-10/h1-5,8-9H,6-7H2,(H,16,17)(H,18,19). The van der Waals surface area contributed by atoms with Crippen LogP contribution in [0.5, 0.6) is 0 Å². The first-order chi connectivity index (χ1) is 9.27. The van der Waals surface area contributed by atoms with Gasteiger partial charge in [0.2, 0.25) is 0 Å². The molecule has 2 aromatic heterocycles. The molecule has 0 radical (unpaired) electrons. The molecule has 2 N–H and O–H groups in total. The van der Waals surface area contributed by atoms with Crippen LogP contribution in [0.15, 0.2) is 43.0 Å². The number of carbonyl (C=O) groups is 1. The largest absolute Gasteiger partial charge is 0.382 e. The molecule has 0 aromatic carbocycles. The van der Waals surface area contributed by atoms with Gasteiger partial charge in [0.05, 0.1) is 16.3 Å². The number of anilines is 1. The fourth-order valence-corrected chi connectivity index (χ4v) is 1.68. The summed E-state index contributed by atoms with van der Waals surface area (Å²) in [5.74, 6) is -0.143. The number of aromatic nitrogens is 2. The molecule has 19 heavy (non-hydrogen) atoms. The van der Waals surface area contributed by atoms with E-state index >= 15 is 0 Å². The summed E-state index contributed by atoms with van der Waals surface area (Å²) in [6.07, 6.45) is 6.38. The van der Waals surface area contributed by atoms with Crippen LogP contribution in [-0.2, 0) is 0 Å². The Kier molecular flexibility index (Phi) is 4.69. The Hall–Kier alpha value is -2.14. The van der Waals surface area contributed by atoms with Gasteiger partial charge < -0.3 is 10.6 Å². The molecule has 0 spiro atoms. The monoisotopic (exact) mass is 276 g/mol. The van der Waals surface area contributed by atoms with Crippen LogP contribution in [0.2, 0.25) is 5.02 Å². The van der Waals surface area contributed by atoms with E-state index in [1.807, 2.05) is 0 Å². The Morgan fingerprint density at radius 2 is 2.00 bits per heavy atom. The zero-order valence-corrected chi connectivity index (χ0v) is 10.9. The predicted octanol–water partition coefficient (Wildman–Crippen LogP) is 1.97. The molecular formula is C13H13ClN4O. The quantitative estimate of drug-likeness (QED) is 0.820. The molecule has 0 aliphatic carbocycles. The van der Waals surface area contributed by atoms with Crippen molar-refractivity contribution in [3.63, 3.8) is 0 Å². The van der Waals surface area contributed by atoms with Crippen molar-refractivity contribution < 1.29 is 4.79 Å². The van der Waals surface area contributed by atoms with E-state index in [1.54, 1.807) is 36.8 Å². The lowest BCUT2D eigenvalue weighted by Crippen LogP contribution is -2.28. The molecule has 0 saturated carbocycles. The highest BCUT2D eigenvalue weighted by atomic mass is 35.5. The second-order valence-corrected chi connectivity index (χ2v) is 4.19. The van der Waals surface area contributed by atoms with E-state index in [2.05, 4.69) is 20.6 Å². The molecule has 2 aromatic rings. The molecule has 6 heteroatoms. The van der Waals surface area contributed by atoms with Gasteiger partial charge in [0, 0.05) is 37.9 Å². The molecule has 5 nitrogen and oxygen atoms in total. The van der Waals surface area contributed by atoms with Crippen molar-refractivity contribution in [1.29, 1.82) is 0 Å². The molecule has 0 bridgehead atoms. The molecule has 2 rings (SSSR count). The Morgan fingerprint density at radius 1 is 1.16 bits per heavy atom. The Morgan fingerprint density at radius 3 is 2.74 bits per heavy atom. The van der Waals surface area contributed by atoms with Gasteiger partial charge in [-0.15, -0.1) is 0 Å². The maximum Gasteiger partial charge on any atom is 0.252 e. The van der Waals surface area contributed by atoms with Gasteiger partial charge in [-0.2, -0.15) is 0 Å². The SMILES string of the molecule is O=C(NCCNc1ccncc1Cl)c1cccnc1. The Bertz CT molecular complexity index is 547. The number of hydrogen-bond donors (Lipinski definition) is 2. The van der Waals surface area contributed by atoms with Gasteiger partial charge in [0.25, 0.3) is 5.91 Å². The van der Waals surface area contributed by atoms with Crippen LogP contribution in [0.25, 0.3) is 0 Å². The molecule has 0 unspecified atom stereocenters. The third-order valence-electron chi connectivity index (χ3n) is 2.42. The van der Waals surface area contributed by atoms with Crippen LogP contribution in [0.1, 0.15) is 10.4 Å². The van der Waals surface area contributed by atoms with Crippen LogP contribution in [0.4, 0.5) is 5.69 Å². The second kappa shape index (κ2) is 6.70. The first-order valence-electron chi connectivity index (χ1n) is 5.79. The average Bonchev–Trinajstić information content (AvgIpc) is 2.46. The van der Waals surface area contributed by atoms with Crippen molar-refractivity contribution >= 4 is 23.2 Å². The van der Waals surface area contributed by atoms with Crippen molar-refractivity contribution in [2.45, 2.75) is 0 Å². The third kappa shape index (κ3) is 3.93. The van der Waals surface area contributed by atoms with Gasteiger partial charge in [-0.3, -0.25) is 14.8 Å². The van der Waals surface area contributed by atoms with Crippen LogP contribution in [-0.4, -0.2) is 29.0 Å². The van der Waals surface area contributed by atoms with Crippen LogP contribution in [0.3, 0.4) is 0 Å². The van der Waals surface area contributed by atoms with E-state index in [-0.39, 0.29) is 5.91 Å². The van der Waals surface area contributed by atoms with Crippen molar-refractivity contribution in [1.82, 2.24) is 15.3 Å². The minimum absolute atomic E-state index is 0.143. The van der Waals surface area contributed by atoms with E-state index in [1.165, 1.54) is 6.20 Å². The van der Waals surface area contributed by atoms with Crippen molar-refractivity contribution in [2.75, 3.05) is 18.4 Å². The minimum atomic E-state index is -0.143. The molecule has 1 amide bonds. The van der Waals surface area contributed by atoms with E-state index in [0.29, 0.717) is 23.7 Å². The topological polar surface area (TPSA) is 66.9 Å². The lowest BCUT2D eigenvalue weighted by molar-refractivity contribution is 0.0955. The van der Waals surface area contributed by atoms with Gasteiger partial charge >= 0.3 is 0 Å². The molecular weight excluding hydrogens is 264 g/mol.